The summed E-state index contributed by atoms with van der Waals surface area (Å²) in [6.45, 7) is 0. The lowest BCUT2D eigenvalue weighted by molar-refractivity contribution is 0.426. The normalized spacial score (nSPS) is 11.0. The Balaban J connectivity index is 1.51. The summed E-state index contributed by atoms with van der Waals surface area (Å²) in [7, 11) is -1.58. The smallest absolute Gasteiger partial charge is 0.423 e. The van der Waals surface area contributed by atoms with E-state index < -0.39 is 7.12 Å². The first-order valence-electron chi connectivity index (χ1n) is 14.7. The van der Waals surface area contributed by atoms with Crippen LogP contribution < -0.4 is 10.4 Å². The number of benzene rings is 7. The number of hydrogen-bond acceptors (Lipinski definition) is 3. The summed E-state index contributed by atoms with van der Waals surface area (Å²) in [6, 6.07) is 58.2. The molecule has 0 heterocycles. The quantitative estimate of drug-likeness (QED) is 0.189. The van der Waals surface area contributed by atoms with E-state index in [9.17, 15) is 10.0 Å². The highest BCUT2D eigenvalue weighted by Gasteiger charge is 2.22. The van der Waals surface area contributed by atoms with Crippen LogP contribution in [0.3, 0.4) is 0 Å². The van der Waals surface area contributed by atoms with E-state index in [0.29, 0.717) is 5.46 Å². The maximum absolute atomic E-state index is 10.1. The molecule has 0 saturated carbocycles. The van der Waals surface area contributed by atoms with Gasteiger partial charge in [0.25, 0.3) is 0 Å². The van der Waals surface area contributed by atoms with Crippen molar-refractivity contribution in [3.05, 3.63) is 170 Å². The van der Waals surface area contributed by atoms with Gasteiger partial charge in [-0.3, -0.25) is 0 Å². The molecule has 0 aliphatic carbocycles. The summed E-state index contributed by atoms with van der Waals surface area (Å²) in [5, 5.41) is 22.5. The van der Waals surface area contributed by atoms with Crippen LogP contribution in [-0.4, -0.2) is 17.2 Å². The summed E-state index contributed by atoms with van der Waals surface area (Å²) < 4.78 is 0. The minimum atomic E-state index is -1.58. The lowest BCUT2D eigenvalue weighted by atomic mass is 9.78. The topological polar surface area (TPSA) is 43.7 Å². The number of nitrogens with zero attached hydrogens (tertiary/aromatic N) is 1. The first-order chi connectivity index (χ1) is 21.7. The molecule has 0 bridgehead atoms. The Morgan fingerprint density at radius 1 is 0.409 bits per heavy atom. The summed E-state index contributed by atoms with van der Waals surface area (Å²) >= 11 is 0. The third-order valence-corrected chi connectivity index (χ3v) is 8.07. The van der Waals surface area contributed by atoms with Gasteiger partial charge in [-0.2, -0.15) is 0 Å². The van der Waals surface area contributed by atoms with Crippen molar-refractivity contribution in [2.24, 2.45) is 0 Å². The average Bonchev–Trinajstić information content (AvgIpc) is 3.10. The molecular weight excluding hydrogens is 537 g/mol. The maximum Gasteiger partial charge on any atom is 0.488 e. The van der Waals surface area contributed by atoms with Gasteiger partial charge in [-0.1, -0.05) is 140 Å². The van der Waals surface area contributed by atoms with E-state index in [1.807, 2.05) is 42.5 Å². The Bertz CT molecular complexity index is 2030. The lowest BCUT2D eigenvalue weighted by Crippen LogP contribution is -2.30. The van der Waals surface area contributed by atoms with E-state index in [4.69, 9.17) is 0 Å². The van der Waals surface area contributed by atoms with Crippen LogP contribution in [0.4, 0.5) is 17.1 Å². The molecule has 0 aliphatic heterocycles. The highest BCUT2D eigenvalue weighted by Crippen LogP contribution is 2.45. The molecule has 0 amide bonds. The molecule has 4 heteroatoms. The van der Waals surface area contributed by atoms with Crippen molar-refractivity contribution in [3.8, 4) is 33.4 Å². The van der Waals surface area contributed by atoms with E-state index in [0.717, 1.165) is 61.2 Å². The molecule has 7 aromatic rings. The molecule has 0 fully saturated rings. The van der Waals surface area contributed by atoms with E-state index in [2.05, 4.69) is 126 Å². The van der Waals surface area contributed by atoms with Crippen molar-refractivity contribution in [2.45, 2.75) is 0 Å². The first-order valence-corrected chi connectivity index (χ1v) is 14.7. The zero-order valence-electron chi connectivity index (χ0n) is 24.1. The molecule has 0 spiro atoms. The molecule has 0 atom stereocenters. The second kappa shape index (κ2) is 12.1. The van der Waals surface area contributed by atoms with Crippen molar-refractivity contribution in [1.82, 2.24) is 0 Å². The van der Waals surface area contributed by atoms with E-state index in [1.54, 1.807) is 6.07 Å². The van der Waals surface area contributed by atoms with Gasteiger partial charge in [0, 0.05) is 16.6 Å². The SMILES string of the molecule is OB(O)c1ccc(N(c2ccc(-c3ccccc3)cc2)c2cc(-c3ccccc3)cc3ccccc23)c(-c2ccccc2)c1. The largest absolute Gasteiger partial charge is 0.488 e. The first kappa shape index (κ1) is 27.4. The molecule has 0 aliphatic rings. The average molecular weight is 567 g/mol. The van der Waals surface area contributed by atoms with Crippen molar-refractivity contribution < 1.29 is 10.0 Å². The Labute approximate surface area is 258 Å². The van der Waals surface area contributed by atoms with Crippen molar-refractivity contribution >= 4 is 40.4 Å². The Morgan fingerprint density at radius 3 is 1.59 bits per heavy atom. The van der Waals surface area contributed by atoms with Crippen molar-refractivity contribution in [2.75, 3.05) is 4.90 Å². The van der Waals surface area contributed by atoms with Crippen LogP contribution in [0.2, 0.25) is 0 Å². The zero-order valence-corrected chi connectivity index (χ0v) is 24.1. The van der Waals surface area contributed by atoms with Gasteiger partial charge in [0.05, 0.1) is 11.4 Å². The van der Waals surface area contributed by atoms with Gasteiger partial charge in [-0.15, -0.1) is 0 Å². The predicted octanol–water partition coefficient (Wildman–Crippen LogP) is 8.99. The standard InChI is InChI=1S/C40H30BNO2/c43-41(44)35-22-25-39(38(28-35)32-16-8-3-9-17-32)42(36-23-20-31(21-24-36)29-12-4-1-5-13-29)40-27-34(30-14-6-2-7-15-30)26-33-18-10-11-19-37(33)40/h1-28,43-44H. The molecule has 0 saturated heterocycles. The van der Waals surface area contributed by atoms with Crippen LogP contribution in [0.15, 0.2) is 170 Å². The van der Waals surface area contributed by atoms with Crippen molar-refractivity contribution in [3.63, 3.8) is 0 Å². The maximum atomic E-state index is 10.1. The fraction of sp³-hybridized carbons (Fsp3) is 0. The van der Waals surface area contributed by atoms with E-state index in [1.165, 1.54) is 0 Å². The van der Waals surface area contributed by atoms with Gasteiger partial charge in [-0.25, -0.2) is 0 Å². The van der Waals surface area contributed by atoms with Crippen LogP contribution in [0.5, 0.6) is 0 Å². The highest BCUT2D eigenvalue weighted by molar-refractivity contribution is 6.58. The molecular formula is C40H30BNO2. The third kappa shape index (κ3) is 5.40. The van der Waals surface area contributed by atoms with Gasteiger partial charge in [-0.05, 0) is 69.0 Å². The molecule has 3 nitrogen and oxygen atoms in total. The van der Waals surface area contributed by atoms with Crippen molar-refractivity contribution in [1.29, 1.82) is 0 Å². The summed E-state index contributed by atoms with van der Waals surface area (Å²) in [5.74, 6) is 0. The van der Waals surface area contributed by atoms with E-state index in [-0.39, 0.29) is 0 Å². The molecule has 7 rings (SSSR count). The summed E-state index contributed by atoms with van der Waals surface area (Å²) in [5.41, 5.74) is 9.84. The number of anilines is 3. The van der Waals surface area contributed by atoms with Gasteiger partial charge in [0.2, 0.25) is 0 Å². The molecule has 0 aromatic heterocycles. The molecule has 7 aromatic carbocycles. The van der Waals surface area contributed by atoms with Crippen LogP contribution in [0, 0.1) is 0 Å². The van der Waals surface area contributed by atoms with E-state index >= 15 is 0 Å². The lowest BCUT2D eigenvalue weighted by Gasteiger charge is -2.30. The van der Waals surface area contributed by atoms with Crippen LogP contribution >= 0.6 is 0 Å². The molecule has 0 unspecified atom stereocenters. The second-order valence-corrected chi connectivity index (χ2v) is 10.8. The minimum Gasteiger partial charge on any atom is -0.423 e. The van der Waals surface area contributed by atoms with Gasteiger partial charge < -0.3 is 14.9 Å². The monoisotopic (exact) mass is 567 g/mol. The van der Waals surface area contributed by atoms with Gasteiger partial charge >= 0.3 is 7.12 Å². The summed E-state index contributed by atoms with van der Waals surface area (Å²) in [6.07, 6.45) is 0. The fourth-order valence-corrected chi connectivity index (χ4v) is 5.87. The molecule has 0 radical (unpaired) electrons. The molecule has 2 N–H and O–H groups in total. The van der Waals surface area contributed by atoms with Gasteiger partial charge in [0.1, 0.15) is 0 Å². The van der Waals surface area contributed by atoms with Crippen LogP contribution in [0.1, 0.15) is 0 Å². The van der Waals surface area contributed by atoms with Crippen LogP contribution in [0.25, 0.3) is 44.2 Å². The number of hydrogen-bond donors (Lipinski definition) is 2. The van der Waals surface area contributed by atoms with Gasteiger partial charge in [0.15, 0.2) is 0 Å². The minimum absolute atomic E-state index is 0.440. The Hall–Kier alpha value is -5.42. The third-order valence-electron chi connectivity index (χ3n) is 8.07. The van der Waals surface area contributed by atoms with Crippen LogP contribution in [-0.2, 0) is 0 Å². The molecule has 210 valence electrons. The second-order valence-electron chi connectivity index (χ2n) is 10.8. The zero-order chi connectivity index (χ0) is 29.9. The Kier molecular flexibility index (Phi) is 7.52. The highest BCUT2D eigenvalue weighted by atomic mass is 16.4. The molecule has 44 heavy (non-hydrogen) atoms. The summed E-state index contributed by atoms with van der Waals surface area (Å²) in [4.78, 5) is 2.29. The Morgan fingerprint density at radius 2 is 0.955 bits per heavy atom. The predicted molar refractivity (Wildman–Crippen MR) is 185 cm³/mol. The fourth-order valence-electron chi connectivity index (χ4n) is 5.87. The number of fused-ring (bicyclic) bond motifs is 1. The number of rotatable bonds is 7.